The van der Waals surface area contributed by atoms with E-state index in [1.165, 1.54) is 0 Å². The van der Waals surface area contributed by atoms with Gasteiger partial charge in [-0.15, -0.1) is 0 Å². The van der Waals surface area contributed by atoms with Crippen molar-refractivity contribution in [3.63, 3.8) is 0 Å². The molecule has 10 heteroatoms. The minimum atomic E-state index is -0.982. The summed E-state index contributed by atoms with van der Waals surface area (Å²) in [6.07, 6.45) is 9.45. The van der Waals surface area contributed by atoms with Crippen LogP contribution in [0.5, 0.6) is 0 Å². The van der Waals surface area contributed by atoms with Gasteiger partial charge in [0.2, 0.25) is 0 Å². The van der Waals surface area contributed by atoms with Crippen LogP contribution < -0.4 is 0 Å². The van der Waals surface area contributed by atoms with E-state index in [9.17, 15) is 29.1 Å². The number of ketones is 2. The van der Waals surface area contributed by atoms with Crippen molar-refractivity contribution in [3.8, 4) is 0 Å². The number of esters is 2. The first kappa shape index (κ1) is 29.6. The summed E-state index contributed by atoms with van der Waals surface area (Å²) in [4.78, 5) is 65.7. The van der Waals surface area contributed by atoms with E-state index in [0.29, 0.717) is 74.3 Å². The van der Waals surface area contributed by atoms with Crippen LogP contribution in [0.3, 0.4) is 0 Å². The van der Waals surface area contributed by atoms with Gasteiger partial charge in [0.05, 0.1) is 16.2 Å². The second-order valence-electron chi connectivity index (χ2n) is 18.2. The lowest BCUT2D eigenvalue weighted by Gasteiger charge is -2.61. The van der Waals surface area contributed by atoms with Crippen molar-refractivity contribution in [3.05, 3.63) is 0 Å². The summed E-state index contributed by atoms with van der Waals surface area (Å²) in [6.45, 7) is -0.0609. The summed E-state index contributed by atoms with van der Waals surface area (Å²) in [5, 5.41) is 10.2. The second kappa shape index (κ2) is 9.67. The molecule has 12 saturated carbocycles. The summed E-state index contributed by atoms with van der Waals surface area (Å²) < 4.78 is 25.9. The highest BCUT2D eigenvalue weighted by molar-refractivity contribution is 5.90. The van der Waals surface area contributed by atoms with E-state index >= 15 is 0 Å². The van der Waals surface area contributed by atoms with Crippen molar-refractivity contribution >= 4 is 29.5 Å². The molecule has 13 aliphatic rings. The molecule has 13 rings (SSSR count). The lowest BCUT2D eigenvalue weighted by molar-refractivity contribution is -0.312. The molecule has 13 fully saturated rings. The summed E-state index contributed by atoms with van der Waals surface area (Å²) in [5.41, 5.74) is -1.97. The van der Waals surface area contributed by atoms with Crippen LogP contribution in [0.2, 0.25) is 0 Å². The molecule has 0 aromatic heterocycles. The molecule has 0 aromatic carbocycles. The fourth-order valence-electron chi connectivity index (χ4n) is 14.1. The lowest BCUT2D eigenvalue weighted by Crippen LogP contribution is -2.63. The van der Waals surface area contributed by atoms with E-state index in [4.69, 9.17) is 18.9 Å². The SMILES string of the molecule is O=C1C2CC3CC1CC(C(=O)OCC1OC4(OC1COC(=O)C15CC6CC(C1)C(=O)C(C6)C5)C1CC5CC4CC(C(=O)O)(C5)C1)(C3)C2. The number of carbonyl (C=O) groups is 5. The molecule has 0 amide bonds. The highest BCUT2D eigenvalue weighted by Gasteiger charge is 2.70. The van der Waals surface area contributed by atoms with Gasteiger partial charge in [0, 0.05) is 35.5 Å². The predicted octanol–water partition coefficient (Wildman–Crippen LogP) is 4.25. The molecule has 12 aliphatic carbocycles. The lowest BCUT2D eigenvalue weighted by atomic mass is 9.47. The average Bonchev–Trinajstić information content (AvgIpc) is 3.40. The third-order valence-electron chi connectivity index (χ3n) is 15.5. The van der Waals surface area contributed by atoms with E-state index in [-0.39, 0.29) is 60.7 Å². The minimum absolute atomic E-state index is 0.0305. The van der Waals surface area contributed by atoms with E-state index in [1.54, 1.807) is 0 Å². The molecule has 0 aromatic rings. The third-order valence-corrected chi connectivity index (χ3v) is 15.5. The Bertz CT molecular complexity index is 1330. The molecule has 1 aliphatic heterocycles. The van der Waals surface area contributed by atoms with Crippen LogP contribution in [0.15, 0.2) is 0 Å². The quantitative estimate of drug-likeness (QED) is 0.397. The van der Waals surface area contributed by atoms with Gasteiger partial charge in [-0.2, -0.15) is 0 Å². The number of ether oxygens (including phenoxy) is 4. The number of rotatable bonds is 7. The zero-order valence-electron chi connectivity index (χ0n) is 27.0. The van der Waals surface area contributed by atoms with Crippen LogP contribution in [0.1, 0.15) is 96.3 Å². The van der Waals surface area contributed by atoms with Gasteiger partial charge in [0.25, 0.3) is 0 Å². The topological polar surface area (TPSA) is 142 Å². The molecular formula is C37H46O10. The molecule has 254 valence electrons. The number of carbonyl (C=O) groups excluding carboxylic acids is 4. The van der Waals surface area contributed by atoms with Gasteiger partial charge in [0.15, 0.2) is 5.79 Å². The minimum Gasteiger partial charge on any atom is -0.481 e. The van der Waals surface area contributed by atoms with E-state index in [0.717, 1.165) is 51.4 Å². The summed E-state index contributed by atoms with van der Waals surface area (Å²) >= 11 is 0. The summed E-state index contributed by atoms with van der Waals surface area (Å²) in [7, 11) is 0. The Hall–Kier alpha value is -2.33. The Kier molecular flexibility index (Phi) is 6.09. The number of carboxylic acids is 1. The maximum Gasteiger partial charge on any atom is 0.312 e. The van der Waals surface area contributed by atoms with Gasteiger partial charge in [-0.05, 0) is 114 Å². The molecule has 47 heavy (non-hydrogen) atoms. The molecule has 1 heterocycles. The Balaban J connectivity index is 0.885. The van der Waals surface area contributed by atoms with Gasteiger partial charge in [0.1, 0.15) is 37.0 Å². The van der Waals surface area contributed by atoms with Gasteiger partial charge >= 0.3 is 17.9 Å². The van der Waals surface area contributed by atoms with Crippen molar-refractivity contribution in [2.45, 2.75) is 114 Å². The fourth-order valence-corrected chi connectivity index (χ4v) is 14.1. The largest absolute Gasteiger partial charge is 0.481 e. The average molecular weight is 651 g/mol. The molecule has 1 spiro atoms. The molecule has 1 saturated heterocycles. The maximum atomic E-state index is 13.8. The molecule has 1 N–H and O–H groups in total. The van der Waals surface area contributed by atoms with E-state index in [2.05, 4.69) is 0 Å². The zero-order chi connectivity index (χ0) is 32.1. The standard InChI is InChI=1S/C37H46O10/c38-29-21-1-18-2-22(29)11-35(8-18,10-21)32(42)44-16-27-28(17-45-33(43)36-9-19-3-23(12-36)30(39)24(4-19)13-36)47-37(46-27)25-5-20-6-26(37)15-34(7-20,14-25)31(40)41/h18-28H,1-17H2,(H,40,41). The fraction of sp³-hybridized carbons (Fsp3) is 0.865. The van der Waals surface area contributed by atoms with Crippen molar-refractivity contribution in [2.24, 2.45) is 69.5 Å². The number of hydrogen-bond donors (Lipinski definition) is 1. The Morgan fingerprint density at radius 1 is 0.574 bits per heavy atom. The van der Waals surface area contributed by atoms with Gasteiger partial charge in [-0.25, -0.2) is 0 Å². The zero-order valence-corrected chi connectivity index (χ0v) is 27.0. The first-order valence-corrected chi connectivity index (χ1v) is 18.5. The van der Waals surface area contributed by atoms with Gasteiger partial charge < -0.3 is 24.1 Å². The summed E-state index contributed by atoms with van der Waals surface area (Å²) in [5.74, 6) is -0.780. The molecule has 0 radical (unpaired) electrons. The number of aliphatic carboxylic acids is 1. The number of Topliss-reactive ketones (excluding diaryl/α,β-unsaturated/α-hetero) is 2. The second-order valence-corrected chi connectivity index (χ2v) is 18.2. The van der Waals surface area contributed by atoms with Crippen molar-refractivity contribution in [1.82, 2.24) is 0 Å². The molecule has 8 atom stereocenters. The first-order valence-electron chi connectivity index (χ1n) is 18.5. The summed E-state index contributed by atoms with van der Waals surface area (Å²) in [6, 6.07) is 0. The highest BCUT2D eigenvalue weighted by Crippen LogP contribution is 2.67. The first-order chi connectivity index (χ1) is 22.5. The smallest absolute Gasteiger partial charge is 0.312 e. The van der Waals surface area contributed by atoms with Crippen molar-refractivity contribution < 1.29 is 48.0 Å². The normalized spacial score (nSPS) is 54.1. The molecular weight excluding hydrogens is 604 g/mol. The number of carboxylic acid groups (broad SMARTS) is 1. The Labute approximate surface area is 274 Å². The molecule has 10 nitrogen and oxygen atoms in total. The van der Waals surface area contributed by atoms with Crippen LogP contribution in [0, 0.1) is 69.5 Å². The van der Waals surface area contributed by atoms with Crippen LogP contribution in [-0.2, 0) is 42.9 Å². The van der Waals surface area contributed by atoms with Crippen LogP contribution in [-0.4, -0.2) is 65.8 Å². The van der Waals surface area contributed by atoms with Gasteiger partial charge in [-0.1, -0.05) is 0 Å². The third kappa shape index (κ3) is 4.06. The van der Waals surface area contributed by atoms with Crippen LogP contribution in [0.4, 0.5) is 0 Å². The van der Waals surface area contributed by atoms with Crippen LogP contribution >= 0.6 is 0 Å². The van der Waals surface area contributed by atoms with E-state index < -0.39 is 40.2 Å². The Morgan fingerprint density at radius 3 is 1.36 bits per heavy atom. The van der Waals surface area contributed by atoms with Crippen molar-refractivity contribution in [1.29, 1.82) is 0 Å². The maximum absolute atomic E-state index is 13.8. The predicted molar refractivity (Wildman–Crippen MR) is 160 cm³/mol. The van der Waals surface area contributed by atoms with Gasteiger partial charge in [-0.3, -0.25) is 24.0 Å². The van der Waals surface area contributed by atoms with Crippen molar-refractivity contribution in [2.75, 3.05) is 13.2 Å². The Morgan fingerprint density at radius 2 is 0.957 bits per heavy atom. The molecule has 12 bridgehead atoms. The number of hydrogen-bond acceptors (Lipinski definition) is 9. The molecule has 8 unspecified atom stereocenters. The van der Waals surface area contributed by atoms with Crippen LogP contribution in [0.25, 0.3) is 0 Å². The monoisotopic (exact) mass is 650 g/mol. The highest BCUT2D eigenvalue weighted by atomic mass is 16.8. The van der Waals surface area contributed by atoms with E-state index in [1.807, 2.05) is 0 Å².